The Bertz CT molecular complexity index is 245. The molecule has 0 aromatic heterocycles. The van der Waals surface area contributed by atoms with Gasteiger partial charge in [0.25, 0.3) is 0 Å². The van der Waals surface area contributed by atoms with Gasteiger partial charge >= 0.3 is 0 Å². The Labute approximate surface area is 71.3 Å². The monoisotopic (exact) mass is 168 g/mol. The molecule has 0 N–H and O–H groups in total. The molecule has 0 atom stereocenters. The summed E-state index contributed by atoms with van der Waals surface area (Å²) in [6.45, 7) is 4.03. The first-order valence-electron chi connectivity index (χ1n) is 3.33. The molecule has 58 valence electrons. The Balaban J connectivity index is 2.69. The van der Waals surface area contributed by atoms with Crippen LogP contribution in [-0.4, -0.2) is 6.61 Å². The number of rotatable bonds is 3. The van der Waals surface area contributed by atoms with Crippen molar-refractivity contribution >= 4 is 11.6 Å². The molecule has 0 fully saturated rings. The molecule has 2 heteroatoms. The third kappa shape index (κ3) is 2.28. The maximum Gasteiger partial charge on any atom is 0.138 e. The van der Waals surface area contributed by atoms with E-state index in [4.69, 9.17) is 16.3 Å². The molecule has 1 rings (SSSR count). The van der Waals surface area contributed by atoms with E-state index in [1.165, 1.54) is 0 Å². The van der Waals surface area contributed by atoms with Crippen LogP contribution in [0.1, 0.15) is 0 Å². The molecule has 0 unspecified atom stereocenters. The Morgan fingerprint density at radius 1 is 1.45 bits per heavy atom. The highest BCUT2D eigenvalue weighted by molar-refractivity contribution is 6.32. The highest BCUT2D eigenvalue weighted by Crippen LogP contribution is 2.22. The van der Waals surface area contributed by atoms with Crippen molar-refractivity contribution in [3.05, 3.63) is 41.9 Å². The number of benzene rings is 1. The van der Waals surface area contributed by atoms with Crippen LogP contribution in [0.2, 0.25) is 5.02 Å². The average molecular weight is 169 g/mol. The molecule has 0 saturated heterocycles. The van der Waals surface area contributed by atoms with E-state index in [1.54, 1.807) is 12.1 Å². The SMILES string of the molecule is C=CCOc1ccccc1Cl. The summed E-state index contributed by atoms with van der Waals surface area (Å²) in [5, 5.41) is 0.634. The number of para-hydroxylation sites is 1. The summed E-state index contributed by atoms with van der Waals surface area (Å²) in [6, 6.07) is 7.36. The van der Waals surface area contributed by atoms with Gasteiger partial charge in [-0.3, -0.25) is 0 Å². The third-order valence-electron chi connectivity index (χ3n) is 1.19. The topological polar surface area (TPSA) is 9.23 Å². The molecule has 0 aliphatic carbocycles. The third-order valence-corrected chi connectivity index (χ3v) is 1.51. The number of hydrogen-bond acceptors (Lipinski definition) is 1. The minimum Gasteiger partial charge on any atom is -0.488 e. The molecule has 0 saturated carbocycles. The highest BCUT2D eigenvalue weighted by atomic mass is 35.5. The van der Waals surface area contributed by atoms with E-state index in [0.717, 1.165) is 0 Å². The zero-order valence-electron chi connectivity index (χ0n) is 6.09. The van der Waals surface area contributed by atoms with Gasteiger partial charge < -0.3 is 4.74 Å². The number of hydrogen-bond donors (Lipinski definition) is 0. The van der Waals surface area contributed by atoms with Gasteiger partial charge in [-0.15, -0.1) is 0 Å². The van der Waals surface area contributed by atoms with Crippen LogP contribution >= 0.6 is 11.6 Å². The zero-order valence-corrected chi connectivity index (χ0v) is 6.84. The van der Waals surface area contributed by atoms with E-state index in [0.29, 0.717) is 17.4 Å². The molecular weight excluding hydrogens is 160 g/mol. The van der Waals surface area contributed by atoms with E-state index in [2.05, 4.69) is 6.58 Å². The van der Waals surface area contributed by atoms with Crippen molar-refractivity contribution < 1.29 is 4.74 Å². The maximum absolute atomic E-state index is 5.80. The Kier molecular flexibility index (Phi) is 2.99. The van der Waals surface area contributed by atoms with E-state index in [9.17, 15) is 0 Å². The van der Waals surface area contributed by atoms with Crippen molar-refractivity contribution in [1.82, 2.24) is 0 Å². The van der Waals surface area contributed by atoms with Crippen molar-refractivity contribution in [2.24, 2.45) is 0 Å². The van der Waals surface area contributed by atoms with Gasteiger partial charge in [0.05, 0.1) is 5.02 Å². The molecule has 11 heavy (non-hydrogen) atoms. The lowest BCUT2D eigenvalue weighted by Crippen LogP contribution is -1.92. The van der Waals surface area contributed by atoms with Gasteiger partial charge in [-0.1, -0.05) is 36.4 Å². The quantitative estimate of drug-likeness (QED) is 0.631. The first-order valence-corrected chi connectivity index (χ1v) is 3.70. The summed E-state index contributed by atoms with van der Waals surface area (Å²) in [5.41, 5.74) is 0. The maximum atomic E-state index is 5.80. The second-order valence-corrected chi connectivity index (χ2v) is 2.44. The largest absolute Gasteiger partial charge is 0.488 e. The summed E-state index contributed by atoms with van der Waals surface area (Å²) in [5.74, 6) is 0.703. The van der Waals surface area contributed by atoms with Crippen LogP contribution in [0.4, 0.5) is 0 Å². The Morgan fingerprint density at radius 3 is 2.82 bits per heavy atom. The van der Waals surface area contributed by atoms with Crippen LogP contribution in [-0.2, 0) is 0 Å². The number of ether oxygens (including phenoxy) is 1. The smallest absolute Gasteiger partial charge is 0.138 e. The summed E-state index contributed by atoms with van der Waals surface area (Å²) < 4.78 is 5.24. The highest BCUT2D eigenvalue weighted by Gasteiger charge is 1.96. The fourth-order valence-electron chi connectivity index (χ4n) is 0.710. The molecule has 0 aliphatic rings. The van der Waals surface area contributed by atoms with Gasteiger partial charge in [0.2, 0.25) is 0 Å². The van der Waals surface area contributed by atoms with Gasteiger partial charge in [-0.25, -0.2) is 0 Å². The lowest BCUT2D eigenvalue weighted by molar-refractivity contribution is 0.363. The van der Waals surface area contributed by atoms with Crippen molar-refractivity contribution in [3.8, 4) is 5.75 Å². The van der Waals surface area contributed by atoms with Crippen molar-refractivity contribution in [2.75, 3.05) is 6.61 Å². The van der Waals surface area contributed by atoms with Crippen LogP contribution < -0.4 is 4.74 Å². The van der Waals surface area contributed by atoms with Crippen molar-refractivity contribution in [1.29, 1.82) is 0 Å². The van der Waals surface area contributed by atoms with E-state index >= 15 is 0 Å². The van der Waals surface area contributed by atoms with Gasteiger partial charge in [0.15, 0.2) is 0 Å². The molecule has 1 aromatic rings. The Hall–Kier alpha value is -0.950. The minimum atomic E-state index is 0.490. The van der Waals surface area contributed by atoms with Crippen LogP contribution in [0.3, 0.4) is 0 Å². The molecular formula is C9H9ClO. The van der Waals surface area contributed by atoms with Crippen LogP contribution in [0.5, 0.6) is 5.75 Å². The molecule has 0 spiro atoms. The summed E-state index contributed by atoms with van der Waals surface area (Å²) in [4.78, 5) is 0. The predicted molar refractivity (Wildman–Crippen MR) is 47.1 cm³/mol. The molecule has 0 aliphatic heterocycles. The summed E-state index contributed by atoms with van der Waals surface area (Å²) in [6.07, 6.45) is 1.68. The molecule has 1 aromatic carbocycles. The zero-order chi connectivity index (χ0) is 8.10. The standard InChI is InChI=1S/C9H9ClO/c1-2-7-11-9-6-4-3-5-8(9)10/h2-6H,1,7H2. The molecule has 0 heterocycles. The van der Waals surface area contributed by atoms with Gasteiger partial charge in [-0.05, 0) is 12.1 Å². The first kappa shape index (κ1) is 8.15. The lowest BCUT2D eigenvalue weighted by Gasteiger charge is -2.03. The minimum absolute atomic E-state index is 0.490. The molecule has 0 bridgehead atoms. The molecule has 0 amide bonds. The molecule has 1 nitrogen and oxygen atoms in total. The summed E-state index contributed by atoms with van der Waals surface area (Å²) in [7, 11) is 0. The van der Waals surface area contributed by atoms with Crippen molar-refractivity contribution in [2.45, 2.75) is 0 Å². The van der Waals surface area contributed by atoms with Crippen LogP contribution in [0.15, 0.2) is 36.9 Å². The Morgan fingerprint density at radius 2 is 2.18 bits per heavy atom. The second-order valence-electron chi connectivity index (χ2n) is 2.03. The average Bonchev–Trinajstić information content (AvgIpc) is 2.03. The fraction of sp³-hybridized carbons (Fsp3) is 0.111. The fourth-order valence-corrected chi connectivity index (χ4v) is 0.901. The first-order chi connectivity index (χ1) is 5.34. The van der Waals surface area contributed by atoms with Gasteiger partial charge in [-0.2, -0.15) is 0 Å². The van der Waals surface area contributed by atoms with Crippen molar-refractivity contribution in [3.63, 3.8) is 0 Å². The van der Waals surface area contributed by atoms with E-state index in [-0.39, 0.29) is 0 Å². The van der Waals surface area contributed by atoms with Gasteiger partial charge in [0.1, 0.15) is 12.4 Å². The van der Waals surface area contributed by atoms with E-state index < -0.39 is 0 Å². The normalized spacial score (nSPS) is 9.18. The van der Waals surface area contributed by atoms with E-state index in [1.807, 2.05) is 18.2 Å². The van der Waals surface area contributed by atoms with Gasteiger partial charge in [0, 0.05) is 0 Å². The lowest BCUT2D eigenvalue weighted by atomic mass is 10.3. The summed E-state index contributed by atoms with van der Waals surface area (Å²) >= 11 is 5.80. The van der Waals surface area contributed by atoms with Crippen LogP contribution in [0, 0.1) is 0 Å². The second kappa shape index (κ2) is 4.04. The molecule has 0 radical (unpaired) electrons. The predicted octanol–water partition coefficient (Wildman–Crippen LogP) is 2.90. The van der Waals surface area contributed by atoms with Crippen LogP contribution in [0.25, 0.3) is 0 Å². The number of halogens is 1.